The molecule has 1 N–H and O–H groups in total. The van der Waals surface area contributed by atoms with Crippen LogP contribution >= 0.6 is 11.3 Å². The number of aromatic nitrogens is 1. The molecule has 2 aliphatic heterocycles. The fourth-order valence-corrected chi connectivity index (χ4v) is 4.41. The summed E-state index contributed by atoms with van der Waals surface area (Å²) in [6.07, 6.45) is -2.51. The van der Waals surface area contributed by atoms with E-state index < -0.39 is 11.9 Å². The van der Waals surface area contributed by atoms with Gasteiger partial charge in [0, 0.05) is 57.0 Å². The lowest BCUT2D eigenvalue weighted by Gasteiger charge is -2.36. The van der Waals surface area contributed by atoms with Crippen molar-refractivity contribution in [3.63, 3.8) is 0 Å². The summed E-state index contributed by atoms with van der Waals surface area (Å²) in [4.78, 5) is 24.9. The monoisotopic (exact) mass is 447 g/mol. The number of amides is 1. The molecule has 0 unspecified atom stereocenters. The number of alkyl halides is 3. The van der Waals surface area contributed by atoms with Crippen molar-refractivity contribution in [3.8, 4) is 0 Å². The van der Waals surface area contributed by atoms with E-state index in [0.717, 1.165) is 48.6 Å². The van der Waals surface area contributed by atoms with Gasteiger partial charge in [-0.25, -0.2) is 4.98 Å². The number of hydrogen-bond donors (Lipinski definition) is 1. The van der Waals surface area contributed by atoms with Crippen molar-refractivity contribution in [3.05, 3.63) is 16.1 Å². The molecule has 1 amide bonds. The number of ether oxygens (including phenoxy) is 1. The van der Waals surface area contributed by atoms with Crippen LogP contribution in [-0.4, -0.2) is 79.1 Å². The zero-order valence-electron chi connectivity index (χ0n) is 17.1. The van der Waals surface area contributed by atoms with Crippen molar-refractivity contribution in [2.45, 2.75) is 32.4 Å². The van der Waals surface area contributed by atoms with Gasteiger partial charge >= 0.3 is 6.18 Å². The molecule has 2 aliphatic rings. The van der Waals surface area contributed by atoms with Gasteiger partial charge in [0.05, 0.1) is 18.2 Å². The number of thiazole rings is 1. The van der Waals surface area contributed by atoms with Gasteiger partial charge in [0.1, 0.15) is 0 Å². The summed E-state index contributed by atoms with van der Waals surface area (Å²) in [6, 6.07) is 0. The van der Waals surface area contributed by atoms with E-state index in [2.05, 4.69) is 20.2 Å². The summed E-state index contributed by atoms with van der Waals surface area (Å²) in [7, 11) is 0. The summed E-state index contributed by atoms with van der Waals surface area (Å²) in [6.45, 7) is 7.01. The Hall–Kier alpha value is -1.88. The molecule has 0 spiro atoms. The molecule has 3 heterocycles. The maximum Gasteiger partial charge on any atom is 0.434 e. The van der Waals surface area contributed by atoms with Crippen LogP contribution in [0.1, 0.15) is 30.5 Å². The number of rotatable bonds is 5. The maximum atomic E-state index is 12.7. The minimum atomic E-state index is -4.41. The quantitative estimate of drug-likeness (QED) is 0.554. The van der Waals surface area contributed by atoms with Crippen LogP contribution in [0.3, 0.4) is 0 Å². The Kier molecular flexibility index (Phi) is 7.93. The van der Waals surface area contributed by atoms with Crippen LogP contribution in [-0.2, 0) is 22.1 Å². The van der Waals surface area contributed by atoms with Crippen molar-refractivity contribution < 1.29 is 22.7 Å². The van der Waals surface area contributed by atoms with Gasteiger partial charge in [-0.05, 0) is 19.8 Å². The average molecular weight is 448 g/mol. The van der Waals surface area contributed by atoms with Crippen LogP contribution < -0.4 is 5.32 Å². The van der Waals surface area contributed by atoms with E-state index in [1.807, 2.05) is 11.8 Å². The molecule has 1 aromatic heterocycles. The lowest BCUT2D eigenvalue weighted by Crippen LogP contribution is -2.50. The molecule has 0 aromatic carbocycles. The third-order valence-electron chi connectivity index (χ3n) is 5.23. The third kappa shape index (κ3) is 6.07. The second-order valence-electron chi connectivity index (χ2n) is 7.31. The van der Waals surface area contributed by atoms with Crippen LogP contribution in [0, 0.1) is 5.92 Å². The highest BCUT2D eigenvalue weighted by atomic mass is 32.1. The van der Waals surface area contributed by atoms with E-state index >= 15 is 0 Å². The summed E-state index contributed by atoms with van der Waals surface area (Å²) in [5.74, 6) is 0.977. The maximum absolute atomic E-state index is 12.7. The molecule has 2 fully saturated rings. The van der Waals surface area contributed by atoms with E-state index in [1.54, 1.807) is 0 Å². The normalized spacial score (nSPS) is 19.3. The Balaban J connectivity index is 1.51. The van der Waals surface area contributed by atoms with Crippen LogP contribution in [0.15, 0.2) is 10.4 Å². The third-order valence-corrected chi connectivity index (χ3v) is 6.14. The molecule has 168 valence electrons. The standard InChI is InChI=1S/C19H28F3N5O2S/c1-2-23-18(24-6-3-16-25-15(13-30-16)19(20,21)22)27-7-4-14(5-8-27)17(28)26-9-11-29-12-10-26/h13-14H,2-12H2,1H3,(H,23,24). The molecular weight excluding hydrogens is 419 g/mol. The molecule has 1 aromatic rings. The van der Waals surface area contributed by atoms with Crippen molar-refractivity contribution in [2.75, 3.05) is 52.5 Å². The lowest BCUT2D eigenvalue weighted by atomic mass is 9.95. The SMILES string of the molecule is CCNC(=NCCc1nc(C(F)(F)F)cs1)N1CCC(C(=O)N2CCOCC2)CC1. The fraction of sp³-hybridized carbons (Fsp3) is 0.737. The molecule has 30 heavy (non-hydrogen) atoms. The first-order chi connectivity index (χ1) is 14.4. The molecule has 2 saturated heterocycles. The van der Waals surface area contributed by atoms with Crippen LogP contribution in [0.2, 0.25) is 0 Å². The highest BCUT2D eigenvalue weighted by molar-refractivity contribution is 7.09. The highest BCUT2D eigenvalue weighted by Crippen LogP contribution is 2.30. The van der Waals surface area contributed by atoms with Crippen LogP contribution in [0.5, 0.6) is 0 Å². The van der Waals surface area contributed by atoms with E-state index in [9.17, 15) is 18.0 Å². The molecule has 0 saturated carbocycles. The van der Waals surface area contributed by atoms with E-state index in [-0.39, 0.29) is 11.8 Å². The molecular formula is C19H28F3N5O2S. The first-order valence-electron chi connectivity index (χ1n) is 10.3. The minimum absolute atomic E-state index is 0.0262. The van der Waals surface area contributed by atoms with Gasteiger partial charge in [0.25, 0.3) is 0 Å². The van der Waals surface area contributed by atoms with Crippen LogP contribution in [0.4, 0.5) is 13.2 Å². The molecule has 0 aliphatic carbocycles. The van der Waals surface area contributed by atoms with Crippen molar-refractivity contribution in [2.24, 2.45) is 10.9 Å². The number of hydrogen-bond acceptors (Lipinski definition) is 5. The molecule has 0 bridgehead atoms. The minimum Gasteiger partial charge on any atom is -0.378 e. The van der Waals surface area contributed by atoms with Gasteiger partial charge in [-0.1, -0.05) is 0 Å². The number of nitrogens with one attached hydrogen (secondary N) is 1. The first kappa shape index (κ1) is 22.8. The number of piperidine rings is 1. The predicted octanol–water partition coefficient (Wildman–Crippen LogP) is 2.24. The smallest absolute Gasteiger partial charge is 0.378 e. The van der Waals surface area contributed by atoms with Crippen LogP contribution in [0.25, 0.3) is 0 Å². The van der Waals surface area contributed by atoms with Crippen molar-refractivity contribution in [1.82, 2.24) is 20.1 Å². The zero-order chi connectivity index (χ0) is 21.6. The number of likely N-dealkylation sites (tertiary alicyclic amines) is 1. The largest absolute Gasteiger partial charge is 0.434 e. The van der Waals surface area contributed by atoms with Gasteiger partial charge in [0.2, 0.25) is 5.91 Å². The van der Waals surface area contributed by atoms with E-state index in [0.29, 0.717) is 50.8 Å². The molecule has 0 atom stereocenters. The van der Waals surface area contributed by atoms with Gasteiger partial charge in [-0.2, -0.15) is 13.2 Å². The summed E-state index contributed by atoms with van der Waals surface area (Å²) < 4.78 is 43.3. The average Bonchev–Trinajstić information content (AvgIpc) is 3.23. The number of carbonyl (C=O) groups is 1. The topological polar surface area (TPSA) is 70.1 Å². The van der Waals surface area contributed by atoms with E-state index in [1.165, 1.54) is 0 Å². The van der Waals surface area contributed by atoms with Gasteiger partial charge in [0.15, 0.2) is 11.7 Å². The highest BCUT2D eigenvalue weighted by Gasteiger charge is 2.33. The number of aliphatic imine (C=N–C) groups is 1. The summed E-state index contributed by atoms with van der Waals surface area (Å²) >= 11 is 1.01. The van der Waals surface area contributed by atoms with Gasteiger partial charge in [-0.3, -0.25) is 9.79 Å². The summed E-state index contributed by atoms with van der Waals surface area (Å²) in [5.41, 5.74) is -0.842. The van der Waals surface area contributed by atoms with Gasteiger partial charge in [-0.15, -0.1) is 11.3 Å². The predicted molar refractivity (Wildman–Crippen MR) is 108 cm³/mol. The first-order valence-corrected chi connectivity index (χ1v) is 11.2. The summed E-state index contributed by atoms with van der Waals surface area (Å²) in [5, 5.41) is 4.71. The fourth-order valence-electron chi connectivity index (χ4n) is 3.62. The van der Waals surface area contributed by atoms with Crippen molar-refractivity contribution >= 4 is 23.2 Å². The van der Waals surface area contributed by atoms with E-state index in [4.69, 9.17) is 4.74 Å². The number of carbonyl (C=O) groups excluding carboxylic acids is 1. The molecule has 0 radical (unpaired) electrons. The molecule has 7 nitrogen and oxygen atoms in total. The van der Waals surface area contributed by atoms with Gasteiger partial charge < -0.3 is 19.9 Å². The second-order valence-corrected chi connectivity index (χ2v) is 8.25. The second kappa shape index (κ2) is 10.4. The molecule has 11 heteroatoms. The number of morpholine rings is 1. The Labute approximate surface area is 178 Å². The Morgan fingerprint density at radius 1 is 1.27 bits per heavy atom. The molecule has 3 rings (SSSR count). The Bertz CT molecular complexity index is 726. The lowest BCUT2D eigenvalue weighted by molar-refractivity contribution is -0.141. The Morgan fingerprint density at radius 3 is 2.57 bits per heavy atom. The zero-order valence-corrected chi connectivity index (χ0v) is 17.9. The Morgan fingerprint density at radius 2 is 1.97 bits per heavy atom. The number of guanidine groups is 1. The van der Waals surface area contributed by atoms with Crippen molar-refractivity contribution in [1.29, 1.82) is 0 Å². The number of halogens is 3. The number of nitrogens with zero attached hydrogens (tertiary/aromatic N) is 4.